The first-order valence-electron chi connectivity index (χ1n) is 27.3. The number of carbonyl (C=O) groups is 2. The molecular weight excluding hydrogens is 1040 g/mol. The Labute approximate surface area is 461 Å². The number of benzene rings is 2. The zero-order valence-corrected chi connectivity index (χ0v) is 45.3. The molecule has 4 aromatic heterocycles. The van der Waals surface area contributed by atoms with Crippen LogP contribution in [0.3, 0.4) is 0 Å². The SMILES string of the molecule is Cc1ncsc1-c1ccc([C@@H](NC(=O)[C@@H]2C[C@@H](O)CN2C(=O)[C@H](c2cc(OCCN3CCC(OC4CC(Oc5cc(N6C7CC[C@@H]6CN(c6cc(-c8ccccc8O)nnc6N)C7)ccn5)C4)CC3)no2)C(C)C)C(F)F)cc1. The average Bonchev–Trinajstić information content (AvgIpc) is 4.24. The van der Waals surface area contributed by atoms with Crippen LogP contribution >= 0.6 is 11.3 Å². The highest BCUT2D eigenvalue weighted by Gasteiger charge is 2.45. The standard InChI is InChI=1S/C57H67F2N11O8S/c1-32(2)51(57(74)69-30-39(71)23-46(69)56(73)63-52(54(58)59)34-8-10-35(11-9-34)53-33(3)62-31-79-53)48-27-50(66-78-48)75-21-20-67-18-15-40(16-19-67)76-41-24-42(25-41)77-49-22-36(14-17-61-49)70-37-12-13-38(70)29-68(28-37)45-26-44(64-65-55(45)60)43-6-4-5-7-47(43)72/h4-11,14,17,22,26-27,31-32,37-42,46,51-52,54,71-72H,12-13,15-16,18-21,23-25,28-30H2,1-3H3,(H2,60,65)(H,63,73)/t37-,38?,39-,41?,42?,46+,51+,52-/m1/s1. The molecule has 11 rings (SSSR count). The molecule has 5 N–H and O–H groups in total. The van der Waals surface area contributed by atoms with Crippen LogP contribution in [0.1, 0.15) is 87.8 Å². The maximum absolute atomic E-state index is 14.5. The highest BCUT2D eigenvalue weighted by molar-refractivity contribution is 7.13. The molecule has 5 aliphatic rings. The van der Waals surface area contributed by atoms with Crippen molar-refractivity contribution in [2.45, 2.75) is 127 Å². The van der Waals surface area contributed by atoms with Crippen LogP contribution in [0.4, 0.5) is 26.0 Å². The smallest absolute Gasteiger partial charge is 0.262 e. The summed E-state index contributed by atoms with van der Waals surface area (Å²) >= 11 is 1.45. The summed E-state index contributed by atoms with van der Waals surface area (Å²) in [6, 6.07) is 19.0. The van der Waals surface area contributed by atoms with Crippen LogP contribution in [0.5, 0.6) is 17.5 Å². The van der Waals surface area contributed by atoms with Crippen molar-refractivity contribution in [3.05, 3.63) is 102 Å². The number of aromatic hydroxyl groups is 1. The van der Waals surface area contributed by atoms with Crippen molar-refractivity contribution in [2.24, 2.45) is 5.92 Å². The second-order valence-corrected chi connectivity index (χ2v) is 22.7. The number of hydrogen-bond donors (Lipinski definition) is 4. The molecule has 1 aliphatic carbocycles. The van der Waals surface area contributed by atoms with E-state index in [1.54, 1.807) is 48.0 Å². The number of rotatable bonds is 19. The van der Waals surface area contributed by atoms with E-state index >= 15 is 0 Å². The van der Waals surface area contributed by atoms with Gasteiger partial charge in [-0.25, -0.2) is 18.7 Å². The van der Waals surface area contributed by atoms with Crippen LogP contribution in [0.2, 0.25) is 0 Å². The van der Waals surface area contributed by atoms with E-state index in [0.717, 1.165) is 92.2 Å². The number of ether oxygens (including phenoxy) is 3. The molecule has 1 saturated carbocycles. The van der Waals surface area contributed by atoms with E-state index in [1.807, 2.05) is 45.2 Å². The number of thiazole rings is 1. The largest absolute Gasteiger partial charge is 0.507 e. The lowest BCUT2D eigenvalue weighted by atomic mass is 9.91. The van der Waals surface area contributed by atoms with Gasteiger partial charge in [-0.3, -0.25) is 14.5 Å². The van der Waals surface area contributed by atoms with Crippen molar-refractivity contribution >= 4 is 40.3 Å². The van der Waals surface area contributed by atoms with E-state index in [2.05, 4.69) is 57.5 Å². The van der Waals surface area contributed by atoms with E-state index in [9.17, 15) is 28.6 Å². The summed E-state index contributed by atoms with van der Waals surface area (Å²) in [6.45, 7) is 9.66. The third kappa shape index (κ3) is 11.8. The summed E-state index contributed by atoms with van der Waals surface area (Å²) in [6.07, 6.45) is 3.60. The summed E-state index contributed by atoms with van der Waals surface area (Å²) in [7, 11) is 0. The summed E-state index contributed by atoms with van der Waals surface area (Å²) in [4.78, 5) is 46.1. The topological polar surface area (TPSA) is 231 Å². The van der Waals surface area contributed by atoms with E-state index in [-0.39, 0.29) is 72.2 Å². The number of phenols is 1. The fourth-order valence-electron chi connectivity index (χ4n) is 12.0. The van der Waals surface area contributed by atoms with Gasteiger partial charge in [0.2, 0.25) is 17.7 Å². The molecule has 6 atom stereocenters. The van der Waals surface area contributed by atoms with Crippen molar-refractivity contribution < 1.29 is 47.3 Å². The Hall–Kier alpha value is -7.01. The number of hydrogen-bond acceptors (Lipinski definition) is 18. The summed E-state index contributed by atoms with van der Waals surface area (Å²) in [5.41, 5.74) is 13.1. The van der Waals surface area contributed by atoms with Crippen molar-refractivity contribution in [3.8, 4) is 39.2 Å². The first-order chi connectivity index (χ1) is 38.2. The quantitative estimate of drug-likeness (QED) is 0.0619. The van der Waals surface area contributed by atoms with Gasteiger partial charge >= 0.3 is 0 Å². The first kappa shape index (κ1) is 54.0. The number of halogens is 2. The van der Waals surface area contributed by atoms with Crippen LogP contribution < -0.4 is 30.3 Å². The number of fused-ring (bicyclic) bond motifs is 2. The molecule has 5 fully saturated rings. The van der Waals surface area contributed by atoms with Crippen LogP contribution in [0.25, 0.3) is 21.7 Å². The highest BCUT2D eigenvalue weighted by atomic mass is 32.1. The van der Waals surface area contributed by atoms with Crippen LogP contribution in [-0.2, 0) is 14.3 Å². The Morgan fingerprint density at radius 3 is 2.37 bits per heavy atom. The number of nitrogens with zero attached hydrogens (tertiary/aromatic N) is 9. The van der Waals surface area contributed by atoms with Crippen molar-refractivity contribution in [3.63, 3.8) is 0 Å². The number of aromatic nitrogens is 5. The number of aliphatic hydroxyl groups is 1. The number of aryl methyl sites for hydroxylation is 1. The number of likely N-dealkylation sites (tertiary alicyclic amines) is 2. The van der Waals surface area contributed by atoms with E-state index in [4.69, 9.17) is 24.5 Å². The van der Waals surface area contributed by atoms with Gasteiger partial charge in [0.05, 0.1) is 45.8 Å². The Bertz CT molecular complexity index is 3070. The second kappa shape index (κ2) is 23.4. The molecule has 0 radical (unpaired) electrons. The monoisotopic (exact) mass is 1100 g/mol. The number of pyridine rings is 1. The molecule has 2 amide bonds. The Balaban J connectivity index is 0.608. The van der Waals surface area contributed by atoms with Gasteiger partial charge in [-0.05, 0) is 79.1 Å². The molecule has 22 heteroatoms. The van der Waals surface area contributed by atoms with Crippen LogP contribution in [0, 0.1) is 12.8 Å². The van der Waals surface area contributed by atoms with E-state index in [1.165, 1.54) is 16.2 Å². The Kier molecular flexibility index (Phi) is 16.0. The number of anilines is 3. The maximum atomic E-state index is 14.5. The predicted molar refractivity (Wildman–Crippen MR) is 292 cm³/mol. The van der Waals surface area contributed by atoms with Crippen molar-refractivity contribution in [2.75, 3.05) is 61.4 Å². The Morgan fingerprint density at radius 2 is 1.66 bits per heavy atom. The van der Waals surface area contributed by atoms with Gasteiger partial charge in [0.1, 0.15) is 36.5 Å². The number of para-hydroxylation sites is 1. The number of nitrogen functional groups attached to an aromatic ring is 1. The number of phenolic OH excluding ortho intramolecular Hbond substituents is 1. The minimum atomic E-state index is -2.93. The lowest BCUT2D eigenvalue weighted by Crippen LogP contribution is -2.54. The minimum Gasteiger partial charge on any atom is -0.507 e. The number of nitrogens with two attached hydrogens (primary N) is 1. The Morgan fingerprint density at radius 1 is 0.899 bits per heavy atom. The third-order valence-corrected chi connectivity index (χ3v) is 17.2. The van der Waals surface area contributed by atoms with Gasteiger partial charge in [-0.15, -0.1) is 21.5 Å². The fraction of sp³-hybridized carbons (Fsp3) is 0.491. The number of piperazine rings is 1. The van der Waals surface area contributed by atoms with Gasteiger partial charge in [0, 0.05) is 100 Å². The predicted octanol–water partition coefficient (Wildman–Crippen LogP) is 7.40. The summed E-state index contributed by atoms with van der Waals surface area (Å²) in [5, 5.41) is 36.3. The van der Waals surface area contributed by atoms with E-state index in [0.29, 0.717) is 36.1 Å². The molecule has 418 valence electrons. The van der Waals surface area contributed by atoms with Gasteiger partial charge in [-0.2, -0.15) is 0 Å². The molecule has 6 aromatic rings. The molecule has 2 bridgehead atoms. The fourth-order valence-corrected chi connectivity index (χ4v) is 12.8. The summed E-state index contributed by atoms with van der Waals surface area (Å²) in [5.74, 6) is -0.830. The maximum Gasteiger partial charge on any atom is 0.262 e. The van der Waals surface area contributed by atoms with E-state index < -0.39 is 42.3 Å². The average molecular weight is 1100 g/mol. The zero-order valence-electron chi connectivity index (χ0n) is 44.4. The zero-order chi connectivity index (χ0) is 54.9. The first-order valence-corrected chi connectivity index (χ1v) is 28.2. The van der Waals surface area contributed by atoms with Gasteiger partial charge in [0.15, 0.2) is 11.6 Å². The molecule has 79 heavy (non-hydrogen) atoms. The molecule has 8 heterocycles. The molecular formula is C57H67F2N11O8S. The molecule has 2 aromatic carbocycles. The molecule has 0 spiro atoms. The number of nitrogens with one attached hydrogen (secondary N) is 1. The van der Waals surface area contributed by atoms with Crippen LogP contribution in [-0.4, -0.2) is 152 Å². The number of aliphatic hydroxyl groups excluding tert-OH is 1. The highest BCUT2D eigenvalue weighted by Crippen LogP contribution is 2.41. The van der Waals surface area contributed by atoms with Crippen molar-refractivity contribution in [1.82, 2.24) is 40.4 Å². The number of β-amino-alcohol motifs (C(OH)–C–C–N with tert-alkyl or cyclic N) is 1. The summed E-state index contributed by atoms with van der Waals surface area (Å²) < 4.78 is 53.6. The second-order valence-electron chi connectivity index (χ2n) is 21.8. The van der Waals surface area contributed by atoms with Gasteiger partial charge in [-0.1, -0.05) is 50.2 Å². The normalized spacial score (nSPS) is 23.3. The molecule has 1 unspecified atom stereocenters. The van der Waals surface area contributed by atoms with Gasteiger partial charge in [0.25, 0.3) is 12.3 Å². The number of piperidine rings is 1. The number of carbonyl (C=O) groups excluding carboxylic acids is 2. The van der Waals surface area contributed by atoms with Crippen LogP contribution in [0.15, 0.2) is 89.0 Å². The third-order valence-electron chi connectivity index (χ3n) is 16.2. The molecule has 19 nitrogen and oxygen atoms in total. The lowest BCUT2D eigenvalue weighted by molar-refractivity contribution is -0.141. The molecule has 4 aliphatic heterocycles. The minimum absolute atomic E-state index is 0.0320. The van der Waals surface area contributed by atoms with Gasteiger partial charge < -0.3 is 54.7 Å². The van der Waals surface area contributed by atoms with Crippen molar-refractivity contribution in [1.29, 1.82) is 0 Å². The number of amides is 2. The lowest BCUT2D eigenvalue weighted by Gasteiger charge is -2.43. The number of alkyl halides is 2. The molecule has 4 saturated heterocycles.